The minimum Gasteiger partial charge on any atom is -0.396 e. The number of aliphatic hydroxyl groups is 1. The third kappa shape index (κ3) is 2.38. The Morgan fingerprint density at radius 1 is 1.36 bits per heavy atom. The van der Waals surface area contributed by atoms with Crippen molar-refractivity contribution in [1.29, 1.82) is 0 Å². The molecule has 0 aromatic carbocycles. The lowest BCUT2D eigenvalue weighted by molar-refractivity contribution is 0.0941. The normalized spacial score (nSPS) is 31.6. The van der Waals surface area contributed by atoms with Crippen molar-refractivity contribution >= 4 is 0 Å². The molecule has 4 heteroatoms. The third-order valence-electron chi connectivity index (χ3n) is 2.05. The summed E-state index contributed by atoms with van der Waals surface area (Å²) in [6.07, 6.45) is -2.43. The van der Waals surface area contributed by atoms with Crippen LogP contribution in [-0.2, 0) is 4.74 Å². The summed E-state index contributed by atoms with van der Waals surface area (Å²) >= 11 is 0. The number of hydrogen-bond acceptors (Lipinski definition) is 2. The molecular weight excluding hydrogens is 154 g/mol. The molecule has 0 saturated carbocycles. The maximum atomic E-state index is 11.9. The fourth-order valence-electron chi connectivity index (χ4n) is 1.33. The molecule has 0 amide bonds. The molecule has 1 aliphatic heterocycles. The van der Waals surface area contributed by atoms with E-state index in [-0.39, 0.29) is 24.9 Å². The van der Waals surface area contributed by atoms with Crippen LogP contribution in [0.3, 0.4) is 0 Å². The maximum absolute atomic E-state index is 11.9. The average Bonchev–Trinajstić information content (AvgIpc) is 2.34. The second-order valence-corrected chi connectivity index (χ2v) is 2.87. The van der Waals surface area contributed by atoms with Crippen LogP contribution in [-0.4, -0.2) is 31.4 Å². The molecule has 2 atom stereocenters. The Labute approximate surface area is 64.2 Å². The smallest absolute Gasteiger partial charge is 0.239 e. The Morgan fingerprint density at radius 2 is 2.00 bits per heavy atom. The van der Waals surface area contributed by atoms with E-state index in [9.17, 15) is 8.78 Å². The van der Waals surface area contributed by atoms with Crippen LogP contribution in [0.15, 0.2) is 0 Å². The molecular formula is C7H12F2O2. The summed E-state index contributed by atoms with van der Waals surface area (Å²) < 4.78 is 28.7. The highest BCUT2D eigenvalue weighted by Crippen LogP contribution is 2.25. The van der Waals surface area contributed by atoms with Crippen molar-refractivity contribution in [2.45, 2.75) is 12.8 Å². The molecule has 0 spiro atoms. The minimum atomic E-state index is -2.28. The topological polar surface area (TPSA) is 29.5 Å². The van der Waals surface area contributed by atoms with Crippen molar-refractivity contribution in [3.05, 3.63) is 0 Å². The van der Waals surface area contributed by atoms with E-state index in [0.29, 0.717) is 13.2 Å². The van der Waals surface area contributed by atoms with Crippen LogP contribution < -0.4 is 0 Å². The van der Waals surface area contributed by atoms with Crippen molar-refractivity contribution < 1.29 is 18.6 Å². The fourth-order valence-corrected chi connectivity index (χ4v) is 1.33. The number of alkyl halides is 2. The summed E-state index contributed by atoms with van der Waals surface area (Å²) in [5.74, 6) is -0.232. The summed E-state index contributed by atoms with van der Waals surface area (Å²) in [5.41, 5.74) is 0. The Bertz CT molecular complexity index is 119. The molecule has 0 aliphatic carbocycles. The van der Waals surface area contributed by atoms with E-state index in [4.69, 9.17) is 9.84 Å². The first-order chi connectivity index (χ1) is 5.24. The molecule has 1 N–H and O–H groups in total. The lowest BCUT2D eigenvalue weighted by atomic mass is 9.94. The van der Waals surface area contributed by atoms with Crippen LogP contribution >= 0.6 is 0 Å². The summed E-state index contributed by atoms with van der Waals surface area (Å²) in [6.45, 7) is 0.751. The Hall–Kier alpha value is -0.220. The monoisotopic (exact) mass is 166 g/mol. The summed E-state index contributed by atoms with van der Waals surface area (Å²) in [7, 11) is 0. The third-order valence-corrected chi connectivity index (χ3v) is 2.05. The Balaban J connectivity index is 2.31. The number of rotatable bonds is 3. The highest BCUT2D eigenvalue weighted by atomic mass is 19.3. The molecule has 1 fully saturated rings. The molecule has 1 aliphatic rings. The fraction of sp³-hybridized carbons (Fsp3) is 1.00. The standard InChI is InChI=1S/C7H12F2O2/c8-7(9)1-5-3-11-4-6(5)2-10/h5-7,10H,1-4H2. The van der Waals surface area contributed by atoms with Gasteiger partial charge in [0.15, 0.2) is 0 Å². The molecule has 66 valence electrons. The molecule has 1 saturated heterocycles. The largest absolute Gasteiger partial charge is 0.396 e. The molecule has 0 bridgehead atoms. The summed E-state index contributed by atoms with van der Waals surface area (Å²) in [6, 6.07) is 0. The lowest BCUT2D eigenvalue weighted by Crippen LogP contribution is -2.18. The maximum Gasteiger partial charge on any atom is 0.239 e. The zero-order valence-electron chi connectivity index (χ0n) is 6.17. The Morgan fingerprint density at radius 3 is 2.55 bits per heavy atom. The van der Waals surface area contributed by atoms with E-state index < -0.39 is 6.43 Å². The number of ether oxygens (including phenoxy) is 1. The van der Waals surface area contributed by atoms with Crippen molar-refractivity contribution in [3.63, 3.8) is 0 Å². The number of halogens is 2. The quantitative estimate of drug-likeness (QED) is 0.674. The van der Waals surface area contributed by atoms with Crippen LogP contribution in [0.1, 0.15) is 6.42 Å². The van der Waals surface area contributed by atoms with Crippen LogP contribution in [0.5, 0.6) is 0 Å². The first-order valence-corrected chi connectivity index (χ1v) is 3.70. The van der Waals surface area contributed by atoms with Gasteiger partial charge in [-0.25, -0.2) is 8.78 Å². The molecule has 0 radical (unpaired) electrons. The van der Waals surface area contributed by atoms with Crippen molar-refractivity contribution in [2.24, 2.45) is 11.8 Å². The van der Waals surface area contributed by atoms with Crippen LogP contribution in [0.4, 0.5) is 8.78 Å². The highest BCUT2D eigenvalue weighted by Gasteiger charge is 2.29. The van der Waals surface area contributed by atoms with Gasteiger partial charge in [-0.1, -0.05) is 0 Å². The van der Waals surface area contributed by atoms with Gasteiger partial charge in [-0.3, -0.25) is 0 Å². The molecule has 1 heterocycles. The highest BCUT2D eigenvalue weighted by molar-refractivity contribution is 4.74. The lowest BCUT2D eigenvalue weighted by Gasteiger charge is -2.13. The van der Waals surface area contributed by atoms with Gasteiger partial charge in [-0.05, 0) is 5.92 Å². The van der Waals surface area contributed by atoms with Gasteiger partial charge in [0.2, 0.25) is 6.43 Å². The molecule has 1 rings (SSSR count). The molecule has 2 unspecified atom stereocenters. The molecule has 2 nitrogen and oxygen atoms in total. The van der Waals surface area contributed by atoms with Gasteiger partial charge in [0.1, 0.15) is 0 Å². The van der Waals surface area contributed by atoms with Gasteiger partial charge < -0.3 is 9.84 Å². The molecule has 0 aromatic heterocycles. The first-order valence-electron chi connectivity index (χ1n) is 3.70. The number of aliphatic hydroxyl groups excluding tert-OH is 1. The zero-order chi connectivity index (χ0) is 8.27. The van der Waals surface area contributed by atoms with E-state index in [2.05, 4.69) is 0 Å². The van der Waals surface area contributed by atoms with E-state index in [1.807, 2.05) is 0 Å². The second kappa shape index (κ2) is 3.97. The number of hydrogen-bond donors (Lipinski definition) is 1. The summed E-state index contributed by atoms with van der Waals surface area (Å²) in [4.78, 5) is 0. The second-order valence-electron chi connectivity index (χ2n) is 2.87. The van der Waals surface area contributed by atoms with Gasteiger partial charge >= 0.3 is 0 Å². The predicted octanol–water partition coefficient (Wildman–Crippen LogP) is 0.896. The van der Waals surface area contributed by atoms with Crippen LogP contribution in [0.2, 0.25) is 0 Å². The van der Waals surface area contributed by atoms with Gasteiger partial charge in [0.05, 0.1) is 13.2 Å². The van der Waals surface area contributed by atoms with Crippen molar-refractivity contribution in [1.82, 2.24) is 0 Å². The van der Waals surface area contributed by atoms with E-state index in [1.54, 1.807) is 0 Å². The van der Waals surface area contributed by atoms with Gasteiger partial charge in [0.25, 0.3) is 0 Å². The van der Waals surface area contributed by atoms with Gasteiger partial charge in [-0.15, -0.1) is 0 Å². The molecule has 0 aromatic rings. The van der Waals surface area contributed by atoms with Gasteiger partial charge in [-0.2, -0.15) is 0 Å². The van der Waals surface area contributed by atoms with E-state index >= 15 is 0 Å². The average molecular weight is 166 g/mol. The van der Waals surface area contributed by atoms with Crippen molar-refractivity contribution in [3.8, 4) is 0 Å². The van der Waals surface area contributed by atoms with Crippen LogP contribution in [0, 0.1) is 11.8 Å². The van der Waals surface area contributed by atoms with E-state index in [1.165, 1.54) is 0 Å². The van der Waals surface area contributed by atoms with Crippen LogP contribution in [0.25, 0.3) is 0 Å². The van der Waals surface area contributed by atoms with Gasteiger partial charge in [0, 0.05) is 18.9 Å². The molecule has 11 heavy (non-hydrogen) atoms. The summed E-state index contributed by atoms with van der Waals surface area (Å²) in [5, 5.41) is 8.72. The minimum absolute atomic E-state index is 0.0443. The predicted molar refractivity (Wildman–Crippen MR) is 35.5 cm³/mol. The first kappa shape index (κ1) is 8.87. The Kier molecular flexibility index (Phi) is 3.20. The van der Waals surface area contributed by atoms with Crippen molar-refractivity contribution in [2.75, 3.05) is 19.8 Å². The SMILES string of the molecule is OCC1COCC1CC(F)F. The zero-order valence-corrected chi connectivity index (χ0v) is 6.17. The van der Waals surface area contributed by atoms with E-state index in [0.717, 1.165) is 0 Å².